The molecule has 9 heteroatoms. The summed E-state index contributed by atoms with van der Waals surface area (Å²) in [5.41, 5.74) is 0.945. The highest BCUT2D eigenvalue weighted by atomic mass is 32.2. The van der Waals surface area contributed by atoms with Gasteiger partial charge < -0.3 is 4.57 Å². The number of nitrogens with zero attached hydrogens (tertiary/aromatic N) is 3. The molecule has 0 aliphatic carbocycles. The molecule has 0 atom stereocenters. The maximum Gasteiger partial charge on any atom is 0.279 e. The summed E-state index contributed by atoms with van der Waals surface area (Å²) >= 11 is 1.16. The zero-order valence-electron chi connectivity index (χ0n) is 19.3. The lowest BCUT2D eigenvalue weighted by atomic mass is 10.2. The summed E-state index contributed by atoms with van der Waals surface area (Å²) < 4.78 is 43.7. The highest BCUT2D eigenvalue weighted by molar-refractivity contribution is 7.89. The van der Waals surface area contributed by atoms with E-state index in [-0.39, 0.29) is 22.8 Å². The first kappa shape index (κ1) is 25.8. The highest BCUT2D eigenvalue weighted by Gasteiger charge is 2.23. The number of benzene rings is 2. The molecular formula is C25H28FN3O3S2. The second-order valence-corrected chi connectivity index (χ2v) is 10.8. The van der Waals surface area contributed by atoms with Crippen LogP contribution in [0.2, 0.25) is 0 Å². The monoisotopic (exact) mass is 501 g/mol. The van der Waals surface area contributed by atoms with E-state index >= 15 is 0 Å². The molecule has 1 amide bonds. The fourth-order valence-electron chi connectivity index (χ4n) is 3.47. The number of thiazole rings is 1. The number of hydrogen-bond acceptors (Lipinski definition) is 4. The molecule has 1 aromatic heterocycles. The van der Waals surface area contributed by atoms with Crippen LogP contribution in [0.3, 0.4) is 0 Å². The summed E-state index contributed by atoms with van der Waals surface area (Å²) in [6, 6.07) is 10.1. The van der Waals surface area contributed by atoms with Crippen molar-refractivity contribution in [2.45, 2.75) is 51.0 Å². The Morgan fingerprint density at radius 3 is 2.35 bits per heavy atom. The summed E-state index contributed by atoms with van der Waals surface area (Å²) in [4.78, 5) is 17.5. The van der Waals surface area contributed by atoms with Crippen LogP contribution in [0.25, 0.3) is 10.2 Å². The summed E-state index contributed by atoms with van der Waals surface area (Å²) in [5.74, 6) is 1.61. The number of carbonyl (C=O) groups excluding carboxylic acids is 1. The molecule has 180 valence electrons. The van der Waals surface area contributed by atoms with Crippen molar-refractivity contribution in [3.8, 4) is 12.3 Å². The SMILES string of the molecule is C#CCn1c(=NC(=O)c2ccc(S(=O)(=O)N(CCCC)CCCC)cc2)sc2cc(F)ccc21. The van der Waals surface area contributed by atoms with Crippen molar-refractivity contribution in [2.75, 3.05) is 13.1 Å². The van der Waals surface area contributed by atoms with Crippen molar-refractivity contribution in [1.29, 1.82) is 0 Å². The standard InChI is InChI=1S/C25H28FN3O3S2/c1-4-7-16-28(17-8-5-2)34(31,32)21-12-9-19(10-13-21)24(30)27-25-29(15-6-3)22-14-11-20(26)18-23(22)33-25/h3,9-14,18H,4-5,7-8,15-17H2,1-2H3. The van der Waals surface area contributed by atoms with Crippen LogP contribution in [0, 0.1) is 18.2 Å². The van der Waals surface area contributed by atoms with E-state index in [1.165, 1.54) is 40.7 Å². The predicted molar refractivity (Wildman–Crippen MR) is 134 cm³/mol. The lowest BCUT2D eigenvalue weighted by molar-refractivity contribution is 0.0997. The average molecular weight is 502 g/mol. The molecule has 0 spiro atoms. The van der Waals surface area contributed by atoms with E-state index in [0.717, 1.165) is 37.0 Å². The van der Waals surface area contributed by atoms with Gasteiger partial charge in [-0.2, -0.15) is 9.30 Å². The highest BCUT2D eigenvalue weighted by Crippen LogP contribution is 2.20. The minimum atomic E-state index is -3.65. The second kappa shape index (κ2) is 11.6. The van der Waals surface area contributed by atoms with Crippen LogP contribution in [-0.2, 0) is 16.6 Å². The summed E-state index contributed by atoms with van der Waals surface area (Å²) in [6.45, 7) is 5.16. The van der Waals surface area contributed by atoms with Gasteiger partial charge in [-0.3, -0.25) is 4.79 Å². The third kappa shape index (κ3) is 5.81. The molecule has 0 N–H and O–H groups in total. The zero-order chi connectivity index (χ0) is 24.7. The van der Waals surface area contributed by atoms with E-state index in [4.69, 9.17) is 6.42 Å². The molecule has 0 aliphatic rings. The molecule has 34 heavy (non-hydrogen) atoms. The minimum Gasteiger partial charge on any atom is -0.305 e. The number of amides is 1. The molecule has 1 heterocycles. The van der Waals surface area contributed by atoms with Gasteiger partial charge in [-0.05, 0) is 55.3 Å². The number of carbonyl (C=O) groups is 1. The number of aromatic nitrogens is 1. The molecule has 3 rings (SSSR count). The molecule has 0 bridgehead atoms. The van der Waals surface area contributed by atoms with Crippen LogP contribution < -0.4 is 4.80 Å². The van der Waals surface area contributed by atoms with Gasteiger partial charge in [-0.25, -0.2) is 12.8 Å². The van der Waals surface area contributed by atoms with Crippen molar-refractivity contribution >= 4 is 37.5 Å². The van der Waals surface area contributed by atoms with Crippen LogP contribution in [0.4, 0.5) is 4.39 Å². The molecule has 3 aromatic rings. The van der Waals surface area contributed by atoms with Crippen LogP contribution in [0.1, 0.15) is 49.9 Å². The Hall–Kier alpha value is -2.80. The van der Waals surface area contributed by atoms with Crippen molar-refractivity contribution in [2.24, 2.45) is 4.99 Å². The van der Waals surface area contributed by atoms with E-state index in [2.05, 4.69) is 10.9 Å². The van der Waals surface area contributed by atoms with Gasteiger partial charge in [0.2, 0.25) is 10.0 Å². The smallest absolute Gasteiger partial charge is 0.279 e. The van der Waals surface area contributed by atoms with Gasteiger partial charge in [-0.15, -0.1) is 6.42 Å². The molecule has 6 nitrogen and oxygen atoms in total. The largest absolute Gasteiger partial charge is 0.305 e. The molecule has 0 fully saturated rings. The van der Waals surface area contributed by atoms with Crippen molar-refractivity contribution in [3.05, 3.63) is 58.6 Å². The average Bonchev–Trinajstić information content (AvgIpc) is 3.15. The van der Waals surface area contributed by atoms with Crippen LogP contribution in [-0.4, -0.2) is 36.3 Å². The molecule has 2 aromatic carbocycles. The third-order valence-electron chi connectivity index (χ3n) is 5.35. The minimum absolute atomic E-state index is 0.149. The number of terminal acetylenes is 1. The topological polar surface area (TPSA) is 71.7 Å². The molecule has 0 aliphatic heterocycles. The molecule has 0 saturated carbocycles. The fourth-order valence-corrected chi connectivity index (χ4v) is 6.04. The Balaban J connectivity index is 1.91. The van der Waals surface area contributed by atoms with Gasteiger partial charge in [0, 0.05) is 18.7 Å². The summed E-state index contributed by atoms with van der Waals surface area (Å²) in [6.07, 6.45) is 8.84. The third-order valence-corrected chi connectivity index (χ3v) is 8.31. The van der Waals surface area contributed by atoms with Crippen LogP contribution in [0.5, 0.6) is 0 Å². The molecular weight excluding hydrogens is 473 g/mol. The van der Waals surface area contributed by atoms with Gasteiger partial charge in [0.1, 0.15) is 5.82 Å². The number of hydrogen-bond donors (Lipinski definition) is 0. The van der Waals surface area contributed by atoms with E-state index in [9.17, 15) is 17.6 Å². The normalized spacial score (nSPS) is 12.4. The summed E-state index contributed by atoms with van der Waals surface area (Å²) in [7, 11) is -3.65. The first-order valence-corrected chi connectivity index (χ1v) is 13.5. The predicted octanol–water partition coefficient (Wildman–Crippen LogP) is 4.81. The molecule has 0 saturated heterocycles. The number of halogens is 1. The Bertz CT molecular complexity index is 1360. The van der Waals surface area contributed by atoms with Crippen LogP contribution >= 0.6 is 11.3 Å². The van der Waals surface area contributed by atoms with Crippen molar-refractivity contribution < 1.29 is 17.6 Å². The van der Waals surface area contributed by atoms with E-state index in [1.807, 2.05) is 13.8 Å². The zero-order valence-corrected chi connectivity index (χ0v) is 21.0. The Labute approximate surface area is 203 Å². The Kier molecular flexibility index (Phi) is 8.78. The van der Waals surface area contributed by atoms with Crippen molar-refractivity contribution in [3.63, 3.8) is 0 Å². The molecule has 0 radical (unpaired) electrons. The molecule has 0 unspecified atom stereocenters. The van der Waals surface area contributed by atoms with Gasteiger partial charge in [0.15, 0.2) is 4.80 Å². The maximum atomic E-state index is 13.6. The van der Waals surface area contributed by atoms with Crippen LogP contribution in [0.15, 0.2) is 52.4 Å². The number of sulfonamides is 1. The van der Waals surface area contributed by atoms with Gasteiger partial charge in [-0.1, -0.05) is 43.9 Å². The van der Waals surface area contributed by atoms with E-state index in [0.29, 0.717) is 28.1 Å². The van der Waals surface area contributed by atoms with Gasteiger partial charge >= 0.3 is 0 Å². The quantitative estimate of drug-likeness (QED) is 0.375. The Morgan fingerprint density at radius 2 is 1.76 bits per heavy atom. The van der Waals surface area contributed by atoms with Gasteiger partial charge in [0.05, 0.1) is 21.7 Å². The lowest BCUT2D eigenvalue weighted by Gasteiger charge is -2.22. The first-order valence-electron chi connectivity index (χ1n) is 11.2. The summed E-state index contributed by atoms with van der Waals surface area (Å²) in [5, 5.41) is 0. The van der Waals surface area contributed by atoms with E-state index in [1.54, 1.807) is 10.6 Å². The lowest BCUT2D eigenvalue weighted by Crippen LogP contribution is -2.33. The second-order valence-electron chi connectivity index (χ2n) is 7.84. The fraction of sp³-hybridized carbons (Fsp3) is 0.360. The van der Waals surface area contributed by atoms with Crippen molar-refractivity contribution in [1.82, 2.24) is 8.87 Å². The number of unbranched alkanes of at least 4 members (excludes halogenated alkanes) is 2. The Morgan fingerprint density at radius 1 is 1.12 bits per heavy atom. The number of fused-ring (bicyclic) bond motifs is 1. The van der Waals surface area contributed by atoms with E-state index < -0.39 is 15.9 Å². The van der Waals surface area contributed by atoms with Gasteiger partial charge in [0.25, 0.3) is 5.91 Å². The number of rotatable bonds is 10. The first-order chi connectivity index (χ1) is 16.3. The maximum absolute atomic E-state index is 13.6.